The number of halogens is 3. The Labute approximate surface area is 129 Å². The van der Waals surface area contributed by atoms with Gasteiger partial charge < -0.3 is 4.90 Å². The van der Waals surface area contributed by atoms with E-state index in [-0.39, 0.29) is 30.6 Å². The lowest BCUT2D eigenvalue weighted by Gasteiger charge is -2.24. The van der Waals surface area contributed by atoms with Gasteiger partial charge in [-0.25, -0.2) is 4.68 Å². The van der Waals surface area contributed by atoms with E-state index in [4.69, 9.17) is 0 Å². The summed E-state index contributed by atoms with van der Waals surface area (Å²) in [6.07, 6.45) is -1.54. The SMILES string of the molecule is O=C(Cn1cnnn1)N(Cc1ccccc1C(F)(F)F)C1CC1. The molecule has 0 N–H and O–H groups in total. The molecular weight excluding hydrogens is 311 g/mol. The summed E-state index contributed by atoms with van der Waals surface area (Å²) < 4.78 is 40.5. The van der Waals surface area contributed by atoms with Gasteiger partial charge in [-0.2, -0.15) is 13.2 Å². The molecule has 9 heteroatoms. The van der Waals surface area contributed by atoms with Crippen LogP contribution in [0.4, 0.5) is 13.2 Å². The topological polar surface area (TPSA) is 63.9 Å². The van der Waals surface area contributed by atoms with Crippen LogP contribution in [0.5, 0.6) is 0 Å². The minimum atomic E-state index is -4.44. The first-order chi connectivity index (χ1) is 10.9. The molecule has 1 amide bonds. The number of benzene rings is 1. The molecule has 1 fully saturated rings. The maximum absolute atomic E-state index is 13.1. The van der Waals surface area contributed by atoms with Crippen LogP contribution >= 0.6 is 0 Å². The summed E-state index contributed by atoms with van der Waals surface area (Å²) in [5.74, 6) is -0.295. The third-order valence-corrected chi connectivity index (χ3v) is 3.66. The smallest absolute Gasteiger partial charge is 0.334 e. The van der Waals surface area contributed by atoms with Crippen LogP contribution < -0.4 is 0 Å². The molecule has 1 aliphatic rings. The number of aromatic nitrogens is 4. The van der Waals surface area contributed by atoms with E-state index in [1.807, 2.05) is 0 Å². The summed E-state index contributed by atoms with van der Waals surface area (Å²) in [7, 11) is 0. The van der Waals surface area contributed by atoms with E-state index in [0.717, 1.165) is 18.9 Å². The van der Waals surface area contributed by atoms with Crippen molar-refractivity contribution in [2.75, 3.05) is 0 Å². The zero-order valence-electron chi connectivity index (χ0n) is 12.1. The summed E-state index contributed by atoms with van der Waals surface area (Å²) in [6.45, 7) is -0.154. The molecule has 0 spiro atoms. The van der Waals surface area contributed by atoms with E-state index in [9.17, 15) is 18.0 Å². The van der Waals surface area contributed by atoms with Crippen LogP contribution in [0.3, 0.4) is 0 Å². The van der Waals surface area contributed by atoms with Gasteiger partial charge in [0.25, 0.3) is 0 Å². The Bertz CT molecular complexity index is 682. The number of nitrogens with zero attached hydrogens (tertiary/aromatic N) is 5. The number of carbonyl (C=O) groups is 1. The van der Waals surface area contributed by atoms with Crippen molar-refractivity contribution in [1.82, 2.24) is 25.1 Å². The van der Waals surface area contributed by atoms with Gasteiger partial charge in [-0.15, -0.1) is 5.10 Å². The number of rotatable bonds is 5. The molecule has 0 saturated heterocycles. The van der Waals surface area contributed by atoms with Gasteiger partial charge in [0.2, 0.25) is 5.91 Å². The minimum Gasteiger partial charge on any atom is -0.334 e. The lowest BCUT2D eigenvalue weighted by Crippen LogP contribution is -2.36. The second-order valence-corrected chi connectivity index (χ2v) is 5.42. The predicted octanol–water partition coefficient (Wildman–Crippen LogP) is 1.88. The maximum atomic E-state index is 13.1. The molecule has 2 aromatic rings. The molecule has 0 aliphatic heterocycles. The third-order valence-electron chi connectivity index (χ3n) is 3.66. The van der Waals surface area contributed by atoms with Crippen molar-refractivity contribution in [3.05, 3.63) is 41.7 Å². The van der Waals surface area contributed by atoms with E-state index >= 15 is 0 Å². The third kappa shape index (κ3) is 3.66. The van der Waals surface area contributed by atoms with Crippen LogP contribution in [0.1, 0.15) is 24.0 Å². The van der Waals surface area contributed by atoms with E-state index < -0.39 is 11.7 Å². The number of tetrazole rings is 1. The van der Waals surface area contributed by atoms with Gasteiger partial charge in [0, 0.05) is 12.6 Å². The number of amides is 1. The highest BCUT2D eigenvalue weighted by Gasteiger charge is 2.37. The summed E-state index contributed by atoms with van der Waals surface area (Å²) in [4.78, 5) is 13.9. The normalized spacial score (nSPS) is 14.7. The van der Waals surface area contributed by atoms with Crippen molar-refractivity contribution < 1.29 is 18.0 Å². The second-order valence-electron chi connectivity index (χ2n) is 5.42. The fourth-order valence-corrected chi connectivity index (χ4v) is 2.41. The lowest BCUT2D eigenvalue weighted by molar-refractivity contribution is -0.140. The van der Waals surface area contributed by atoms with Crippen LogP contribution in [0.25, 0.3) is 0 Å². The number of alkyl halides is 3. The number of carbonyl (C=O) groups excluding carboxylic acids is 1. The molecule has 0 atom stereocenters. The second kappa shape index (κ2) is 5.98. The highest BCUT2D eigenvalue weighted by Crippen LogP contribution is 2.34. The van der Waals surface area contributed by atoms with E-state index in [2.05, 4.69) is 15.5 Å². The molecule has 1 heterocycles. The monoisotopic (exact) mass is 325 g/mol. The zero-order valence-corrected chi connectivity index (χ0v) is 12.1. The molecule has 3 rings (SSSR count). The van der Waals surface area contributed by atoms with E-state index in [0.29, 0.717) is 0 Å². The first kappa shape index (κ1) is 15.4. The van der Waals surface area contributed by atoms with Crippen molar-refractivity contribution >= 4 is 5.91 Å². The number of hydrogen-bond donors (Lipinski definition) is 0. The van der Waals surface area contributed by atoms with Crippen LogP contribution in [0, 0.1) is 0 Å². The Hall–Kier alpha value is -2.45. The first-order valence-electron chi connectivity index (χ1n) is 7.10. The van der Waals surface area contributed by atoms with Gasteiger partial charge in [0.1, 0.15) is 12.9 Å². The average Bonchev–Trinajstić information content (AvgIpc) is 3.21. The molecule has 6 nitrogen and oxygen atoms in total. The Balaban J connectivity index is 1.80. The van der Waals surface area contributed by atoms with Gasteiger partial charge in [-0.05, 0) is 34.9 Å². The summed E-state index contributed by atoms with van der Waals surface area (Å²) >= 11 is 0. The van der Waals surface area contributed by atoms with Crippen LogP contribution in [0.15, 0.2) is 30.6 Å². The fraction of sp³-hybridized carbons (Fsp3) is 0.429. The quantitative estimate of drug-likeness (QED) is 0.842. The molecular formula is C14H14F3N5O. The maximum Gasteiger partial charge on any atom is 0.416 e. The van der Waals surface area contributed by atoms with Gasteiger partial charge >= 0.3 is 6.18 Å². The average molecular weight is 325 g/mol. The highest BCUT2D eigenvalue weighted by atomic mass is 19.4. The first-order valence-corrected chi connectivity index (χ1v) is 7.10. The molecule has 1 aromatic carbocycles. The van der Waals surface area contributed by atoms with Crippen LogP contribution in [-0.4, -0.2) is 37.1 Å². The van der Waals surface area contributed by atoms with Gasteiger partial charge in [-0.3, -0.25) is 4.79 Å². The van der Waals surface area contributed by atoms with Crippen molar-refractivity contribution in [3.8, 4) is 0 Å². The molecule has 0 radical (unpaired) electrons. The van der Waals surface area contributed by atoms with Gasteiger partial charge in [-0.1, -0.05) is 18.2 Å². The molecule has 1 saturated carbocycles. The van der Waals surface area contributed by atoms with Gasteiger partial charge in [0.05, 0.1) is 5.56 Å². The molecule has 1 aromatic heterocycles. The molecule has 0 bridgehead atoms. The van der Waals surface area contributed by atoms with E-state index in [1.54, 1.807) is 6.07 Å². The Morgan fingerprint density at radius 3 is 2.65 bits per heavy atom. The van der Waals surface area contributed by atoms with Gasteiger partial charge in [0.15, 0.2) is 0 Å². The molecule has 23 heavy (non-hydrogen) atoms. The Kier molecular flexibility index (Phi) is 4.01. The van der Waals surface area contributed by atoms with Crippen molar-refractivity contribution in [2.45, 2.75) is 38.1 Å². The standard InChI is InChI=1S/C14H14F3N5O/c15-14(16,17)12-4-2-1-3-10(12)7-22(11-5-6-11)13(23)8-21-9-18-19-20-21/h1-4,9,11H,5-8H2. The fourth-order valence-electron chi connectivity index (χ4n) is 2.41. The lowest BCUT2D eigenvalue weighted by atomic mass is 10.1. The highest BCUT2D eigenvalue weighted by molar-refractivity contribution is 5.76. The zero-order chi connectivity index (χ0) is 16.4. The van der Waals surface area contributed by atoms with Crippen molar-refractivity contribution in [3.63, 3.8) is 0 Å². The Morgan fingerprint density at radius 2 is 2.04 bits per heavy atom. The van der Waals surface area contributed by atoms with Crippen molar-refractivity contribution in [2.24, 2.45) is 0 Å². The number of hydrogen-bond acceptors (Lipinski definition) is 4. The molecule has 0 unspecified atom stereocenters. The summed E-state index contributed by atoms with van der Waals surface area (Å²) in [5.41, 5.74) is -0.613. The largest absolute Gasteiger partial charge is 0.416 e. The van der Waals surface area contributed by atoms with E-state index in [1.165, 1.54) is 28.0 Å². The minimum absolute atomic E-state index is 0.0136. The molecule has 1 aliphatic carbocycles. The van der Waals surface area contributed by atoms with Crippen molar-refractivity contribution in [1.29, 1.82) is 0 Å². The van der Waals surface area contributed by atoms with Crippen LogP contribution in [-0.2, 0) is 24.1 Å². The summed E-state index contributed by atoms with van der Waals surface area (Å²) in [6, 6.07) is 5.31. The summed E-state index contributed by atoms with van der Waals surface area (Å²) in [5, 5.41) is 10.5. The Morgan fingerprint density at radius 1 is 1.30 bits per heavy atom. The van der Waals surface area contributed by atoms with Crippen LogP contribution in [0.2, 0.25) is 0 Å². The predicted molar refractivity (Wildman–Crippen MR) is 72.8 cm³/mol. The molecule has 122 valence electrons.